The van der Waals surface area contributed by atoms with Crippen molar-refractivity contribution >= 4 is 29.1 Å². The van der Waals surface area contributed by atoms with Crippen molar-refractivity contribution in [2.45, 2.75) is 29.6 Å². The maximum absolute atomic E-state index is 13.3. The number of carbonyl (C=O) groups excluding carboxylic acids is 1. The lowest BCUT2D eigenvalue weighted by Gasteiger charge is -2.35. The van der Waals surface area contributed by atoms with E-state index in [9.17, 15) is 19.4 Å². The molecule has 5 nitrogen and oxygen atoms in total. The molecule has 29 heavy (non-hydrogen) atoms. The summed E-state index contributed by atoms with van der Waals surface area (Å²) < 4.78 is 13.3. The molecule has 0 unspecified atom stereocenters. The Morgan fingerprint density at radius 2 is 1.66 bits per heavy atom. The average Bonchev–Trinajstić information content (AvgIpc) is 2.70. The minimum absolute atomic E-state index is 0.209. The zero-order valence-corrected chi connectivity index (χ0v) is 17.2. The molecule has 2 aromatic carbocycles. The van der Waals surface area contributed by atoms with Crippen LogP contribution in [0, 0.1) is 0 Å². The van der Waals surface area contributed by atoms with Gasteiger partial charge >= 0.3 is 0 Å². The maximum atomic E-state index is 13.3. The van der Waals surface area contributed by atoms with Crippen molar-refractivity contribution in [3.05, 3.63) is 59.7 Å². The molecule has 2 aromatic rings. The van der Waals surface area contributed by atoms with Crippen molar-refractivity contribution in [1.82, 2.24) is 10.2 Å². The second-order valence-corrected chi connectivity index (χ2v) is 8.28. The molecule has 0 bridgehead atoms. The van der Waals surface area contributed by atoms with Gasteiger partial charge in [-0.25, -0.2) is 4.39 Å². The Morgan fingerprint density at radius 3 is 2.14 bits per heavy atom. The zero-order chi connectivity index (χ0) is 21.0. The van der Waals surface area contributed by atoms with Gasteiger partial charge in [0.25, 0.3) is 5.91 Å². The number of alkyl halides is 3. The summed E-state index contributed by atoms with van der Waals surface area (Å²) in [6.45, 7) is 1.28. The van der Waals surface area contributed by atoms with Gasteiger partial charge in [0, 0.05) is 19.6 Å². The normalized spacial score (nSPS) is 17.0. The molecule has 0 spiro atoms. The van der Waals surface area contributed by atoms with Crippen LogP contribution in [0.5, 0.6) is 0 Å². The summed E-state index contributed by atoms with van der Waals surface area (Å²) in [4.78, 5) is 12.4. The van der Waals surface area contributed by atoms with Gasteiger partial charge in [0.15, 0.2) is 4.84 Å². The molecule has 0 aliphatic carbocycles. The largest absolute Gasteiger partial charge is 0.390 e. The lowest BCUT2D eigenvalue weighted by molar-refractivity contribution is -0.121. The fourth-order valence-electron chi connectivity index (χ4n) is 3.29. The summed E-state index contributed by atoms with van der Waals surface area (Å²) >= 11 is 10.9. The summed E-state index contributed by atoms with van der Waals surface area (Å²) in [7, 11) is 0. The number of rotatable bonds is 8. The van der Waals surface area contributed by atoms with E-state index in [-0.39, 0.29) is 6.10 Å². The number of nitrogens with zero attached hydrogens (tertiary/aromatic N) is 1. The smallest absolute Gasteiger partial charge is 0.253 e. The van der Waals surface area contributed by atoms with Gasteiger partial charge in [0.2, 0.25) is 0 Å². The molecule has 1 saturated heterocycles. The van der Waals surface area contributed by atoms with Crippen molar-refractivity contribution in [3.63, 3.8) is 0 Å². The first-order chi connectivity index (χ1) is 13.9. The first-order valence-corrected chi connectivity index (χ1v) is 10.2. The lowest BCUT2D eigenvalue weighted by atomic mass is 9.98. The van der Waals surface area contributed by atoms with Gasteiger partial charge in [-0.15, -0.1) is 0 Å². The highest BCUT2D eigenvalue weighted by molar-refractivity contribution is 6.53. The summed E-state index contributed by atoms with van der Waals surface area (Å²) in [5.41, 5.74) is 3.62. The number of hydrogen-bond acceptors (Lipinski definition) is 4. The van der Waals surface area contributed by atoms with E-state index in [4.69, 9.17) is 23.2 Å². The molecule has 1 heterocycles. The zero-order valence-electron chi connectivity index (χ0n) is 15.6. The molecule has 0 radical (unpaired) electrons. The molecule has 0 aromatic heterocycles. The van der Waals surface area contributed by atoms with Crippen LogP contribution in [-0.2, 0) is 11.3 Å². The van der Waals surface area contributed by atoms with Crippen molar-refractivity contribution in [2.24, 2.45) is 0 Å². The quantitative estimate of drug-likeness (QED) is 0.551. The predicted octanol–water partition coefficient (Wildman–Crippen LogP) is 2.82. The third-order valence-electron chi connectivity index (χ3n) is 4.96. The van der Waals surface area contributed by atoms with Crippen LogP contribution in [0.25, 0.3) is 11.1 Å². The monoisotopic (exact) mass is 440 g/mol. The van der Waals surface area contributed by atoms with Gasteiger partial charge < -0.3 is 15.5 Å². The maximum Gasteiger partial charge on any atom is 0.253 e. The van der Waals surface area contributed by atoms with E-state index in [0.29, 0.717) is 18.7 Å². The number of benzene rings is 2. The highest BCUT2D eigenvalue weighted by Crippen LogP contribution is 2.25. The Bertz CT molecular complexity index is 812. The van der Waals surface area contributed by atoms with E-state index in [1.54, 1.807) is 12.1 Å². The average molecular weight is 441 g/mol. The van der Waals surface area contributed by atoms with E-state index in [1.165, 1.54) is 5.56 Å². The standard InChI is InChI=1S/C21H23Cl2FN2O3/c22-20(23)21(29)25-18(9-24)19(28)16-7-5-15(6-8-16)14-3-1-13(2-4-14)10-26-11-17(27)12-26/h1-8,17-20,27-28H,9-12H2,(H,25,29)/t18-,19+/m1/s1. The van der Waals surface area contributed by atoms with E-state index >= 15 is 0 Å². The Kier molecular flexibility index (Phi) is 7.49. The summed E-state index contributed by atoms with van der Waals surface area (Å²) in [6, 6.07) is 14.1. The number of amides is 1. The molecule has 3 N–H and O–H groups in total. The van der Waals surface area contributed by atoms with Crippen molar-refractivity contribution < 1.29 is 19.4 Å². The first-order valence-electron chi connectivity index (χ1n) is 9.29. The number of halogens is 3. The Hall–Kier alpha value is -1.70. The molecular formula is C21H23Cl2FN2O3. The molecule has 3 rings (SSSR count). The number of β-amino-alcohol motifs (C(OH)–C–C–N with tert-alkyl or cyclic N) is 1. The highest BCUT2D eigenvalue weighted by atomic mass is 35.5. The van der Waals surface area contributed by atoms with E-state index < -0.39 is 29.6 Å². The molecular weight excluding hydrogens is 418 g/mol. The summed E-state index contributed by atoms with van der Waals surface area (Å²) in [6.07, 6.45) is -1.43. The Morgan fingerprint density at radius 1 is 1.10 bits per heavy atom. The van der Waals surface area contributed by atoms with Gasteiger partial charge in [-0.05, 0) is 22.3 Å². The van der Waals surface area contributed by atoms with E-state index in [1.807, 2.05) is 36.4 Å². The van der Waals surface area contributed by atoms with Gasteiger partial charge in [0.05, 0.1) is 12.1 Å². The van der Waals surface area contributed by atoms with Crippen LogP contribution in [0.15, 0.2) is 48.5 Å². The third-order valence-corrected chi connectivity index (χ3v) is 5.35. The van der Waals surface area contributed by atoms with Crippen molar-refractivity contribution in [2.75, 3.05) is 19.8 Å². The molecule has 156 valence electrons. The molecule has 1 fully saturated rings. The predicted molar refractivity (Wildman–Crippen MR) is 112 cm³/mol. The van der Waals surface area contributed by atoms with Crippen LogP contribution >= 0.6 is 23.2 Å². The fourth-order valence-corrected chi connectivity index (χ4v) is 3.41. The van der Waals surface area contributed by atoms with Crippen LogP contribution in [0.4, 0.5) is 4.39 Å². The Labute approximate surface area is 179 Å². The molecule has 8 heteroatoms. The van der Waals surface area contributed by atoms with Gasteiger partial charge in [-0.1, -0.05) is 71.7 Å². The van der Waals surface area contributed by atoms with Crippen LogP contribution in [0.1, 0.15) is 17.2 Å². The molecule has 1 aliphatic heterocycles. The lowest BCUT2D eigenvalue weighted by Crippen LogP contribution is -2.49. The second kappa shape index (κ2) is 9.87. The molecule has 1 amide bonds. The van der Waals surface area contributed by atoms with Crippen LogP contribution in [0.2, 0.25) is 0 Å². The first kappa shape index (κ1) is 22.0. The molecule has 1 aliphatic rings. The SMILES string of the molecule is O=C(N[C@H](CF)[C@@H](O)c1ccc(-c2ccc(CN3CC(O)C3)cc2)cc1)C(Cl)Cl. The number of carbonyl (C=O) groups is 1. The topological polar surface area (TPSA) is 72.8 Å². The van der Waals surface area contributed by atoms with Crippen LogP contribution in [0.3, 0.4) is 0 Å². The van der Waals surface area contributed by atoms with Gasteiger partial charge in [0.1, 0.15) is 12.8 Å². The van der Waals surface area contributed by atoms with E-state index in [0.717, 1.165) is 17.7 Å². The van der Waals surface area contributed by atoms with Gasteiger partial charge in [-0.2, -0.15) is 0 Å². The number of aliphatic hydroxyl groups excluding tert-OH is 2. The van der Waals surface area contributed by atoms with Crippen molar-refractivity contribution in [1.29, 1.82) is 0 Å². The summed E-state index contributed by atoms with van der Waals surface area (Å²) in [5, 5.41) is 22.0. The minimum atomic E-state index is -1.33. The minimum Gasteiger partial charge on any atom is -0.390 e. The summed E-state index contributed by atoms with van der Waals surface area (Å²) in [5.74, 6) is -0.750. The number of likely N-dealkylation sites (tertiary alicyclic amines) is 1. The highest BCUT2D eigenvalue weighted by Gasteiger charge is 2.25. The molecule has 0 saturated carbocycles. The second-order valence-electron chi connectivity index (χ2n) is 7.18. The van der Waals surface area contributed by atoms with Crippen LogP contribution in [-0.4, -0.2) is 57.8 Å². The number of hydrogen-bond donors (Lipinski definition) is 3. The Balaban J connectivity index is 1.63. The third kappa shape index (κ3) is 5.68. The van der Waals surface area contributed by atoms with Gasteiger partial charge in [-0.3, -0.25) is 9.69 Å². The van der Waals surface area contributed by atoms with Crippen molar-refractivity contribution in [3.8, 4) is 11.1 Å². The molecule has 2 atom stereocenters. The number of aliphatic hydroxyl groups is 2. The fraction of sp³-hybridized carbons (Fsp3) is 0.381. The van der Waals surface area contributed by atoms with Crippen LogP contribution < -0.4 is 5.32 Å². The van der Waals surface area contributed by atoms with E-state index in [2.05, 4.69) is 10.2 Å². The number of nitrogens with one attached hydrogen (secondary N) is 1.